The number of aromatic amines is 1. The normalized spacial score (nSPS) is 17.8. The number of H-pyrrole nitrogens is 1. The summed E-state index contributed by atoms with van der Waals surface area (Å²) < 4.78 is 0. The number of para-hydroxylation sites is 1. The van der Waals surface area contributed by atoms with Gasteiger partial charge in [0.05, 0.1) is 17.7 Å². The van der Waals surface area contributed by atoms with Gasteiger partial charge in [0.1, 0.15) is 5.69 Å². The average Bonchev–Trinajstić information content (AvgIpc) is 3.44. The number of carbonyl (C=O) groups is 2. The number of piperazine rings is 1. The summed E-state index contributed by atoms with van der Waals surface area (Å²) in [5.74, 6) is -0.0340. The van der Waals surface area contributed by atoms with E-state index >= 15 is 0 Å². The monoisotopic (exact) mass is 510 g/mol. The summed E-state index contributed by atoms with van der Waals surface area (Å²) in [6.07, 6.45) is 4.29. The first kappa shape index (κ1) is 24.6. The van der Waals surface area contributed by atoms with E-state index in [0.29, 0.717) is 22.8 Å². The predicted octanol–water partition coefficient (Wildman–Crippen LogP) is 3.60. The minimum atomic E-state index is -0.128. The maximum atomic E-state index is 13.2. The maximum absolute atomic E-state index is 13.2. The van der Waals surface area contributed by atoms with Gasteiger partial charge in [0.2, 0.25) is 11.7 Å². The number of hydrogen-bond donors (Lipinski definition) is 2. The molecule has 2 aliphatic heterocycles. The predicted molar refractivity (Wildman–Crippen MR) is 151 cm³/mol. The van der Waals surface area contributed by atoms with E-state index in [1.165, 1.54) is 12.8 Å². The highest BCUT2D eigenvalue weighted by atomic mass is 16.2. The Morgan fingerprint density at radius 1 is 0.947 bits per heavy atom. The SMILES string of the molecule is CN1CCC(N2CCN(C(=O)CNc3cccc4ccc(C(=O)c5ccc6cc[nH]c6c5)nc34)CC2)CC1. The van der Waals surface area contributed by atoms with Crippen LogP contribution < -0.4 is 5.32 Å². The lowest BCUT2D eigenvalue weighted by Crippen LogP contribution is -2.54. The standard InChI is InChI=1S/C30H34N6O2/c1-34-13-10-24(11-14-34)35-15-17-36(18-16-35)28(37)20-32-25-4-2-3-22-7-8-26(33-29(22)25)30(38)23-6-5-21-9-12-31-27(21)19-23/h2-9,12,19,24,31-32H,10-11,13-18,20H2,1H3. The Bertz CT molecular complexity index is 1460. The first-order chi connectivity index (χ1) is 18.5. The molecule has 2 aromatic heterocycles. The molecule has 0 atom stereocenters. The quantitative estimate of drug-likeness (QED) is 0.386. The van der Waals surface area contributed by atoms with Crippen LogP contribution >= 0.6 is 0 Å². The van der Waals surface area contributed by atoms with Gasteiger partial charge in [-0.25, -0.2) is 4.98 Å². The molecule has 8 nitrogen and oxygen atoms in total. The lowest BCUT2D eigenvalue weighted by molar-refractivity contribution is -0.131. The highest BCUT2D eigenvalue weighted by Gasteiger charge is 2.28. The molecule has 0 unspecified atom stereocenters. The largest absolute Gasteiger partial charge is 0.374 e. The number of pyridine rings is 1. The Hall–Kier alpha value is -3.75. The van der Waals surface area contributed by atoms with Crippen LogP contribution in [0.4, 0.5) is 5.69 Å². The number of carbonyl (C=O) groups excluding carboxylic acids is 2. The fourth-order valence-corrected chi connectivity index (χ4v) is 5.73. The molecule has 6 rings (SSSR count). The van der Waals surface area contributed by atoms with E-state index in [1.807, 2.05) is 59.6 Å². The molecule has 2 saturated heterocycles. The second-order valence-electron chi connectivity index (χ2n) is 10.5. The van der Waals surface area contributed by atoms with Crippen LogP contribution in [0.15, 0.2) is 60.8 Å². The second kappa shape index (κ2) is 10.6. The highest BCUT2D eigenvalue weighted by Crippen LogP contribution is 2.24. The number of hydrogen-bond acceptors (Lipinski definition) is 6. The molecule has 0 saturated carbocycles. The molecule has 4 aromatic rings. The molecule has 0 aliphatic carbocycles. The first-order valence-electron chi connectivity index (χ1n) is 13.5. The summed E-state index contributed by atoms with van der Waals surface area (Å²) >= 11 is 0. The van der Waals surface area contributed by atoms with Crippen molar-refractivity contribution < 1.29 is 9.59 Å². The van der Waals surface area contributed by atoms with Gasteiger partial charge < -0.3 is 20.1 Å². The minimum absolute atomic E-state index is 0.0940. The number of benzene rings is 2. The maximum Gasteiger partial charge on any atom is 0.241 e. The average molecular weight is 511 g/mol. The number of piperidine rings is 1. The van der Waals surface area contributed by atoms with Crippen molar-refractivity contribution in [2.75, 3.05) is 58.2 Å². The van der Waals surface area contributed by atoms with Crippen LogP contribution in [0.1, 0.15) is 28.9 Å². The molecule has 1 amide bonds. The number of ketones is 1. The van der Waals surface area contributed by atoms with Crippen LogP contribution in [0.3, 0.4) is 0 Å². The van der Waals surface area contributed by atoms with E-state index in [-0.39, 0.29) is 18.2 Å². The van der Waals surface area contributed by atoms with Gasteiger partial charge in [0.25, 0.3) is 0 Å². The molecule has 2 N–H and O–H groups in total. The Kier molecular flexibility index (Phi) is 6.82. The van der Waals surface area contributed by atoms with Gasteiger partial charge in [-0.3, -0.25) is 14.5 Å². The number of amides is 1. The van der Waals surface area contributed by atoms with Gasteiger partial charge >= 0.3 is 0 Å². The third-order valence-corrected chi connectivity index (χ3v) is 8.07. The summed E-state index contributed by atoms with van der Waals surface area (Å²) in [7, 11) is 2.19. The van der Waals surface area contributed by atoms with Crippen molar-refractivity contribution in [3.8, 4) is 0 Å². The van der Waals surface area contributed by atoms with Gasteiger partial charge in [-0.05, 0) is 62.6 Å². The van der Waals surface area contributed by atoms with E-state index in [2.05, 4.69) is 27.1 Å². The summed E-state index contributed by atoms with van der Waals surface area (Å²) in [5.41, 5.74) is 3.35. The molecular weight excluding hydrogens is 476 g/mol. The molecule has 4 heterocycles. The van der Waals surface area contributed by atoms with E-state index in [0.717, 1.165) is 61.2 Å². The topological polar surface area (TPSA) is 84.6 Å². The van der Waals surface area contributed by atoms with E-state index < -0.39 is 0 Å². The van der Waals surface area contributed by atoms with Gasteiger partial charge in [-0.2, -0.15) is 0 Å². The second-order valence-corrected chi connectivity index (χ2v) is 10.5. The Balaban J connectivity index is 1.11. The molecule has 0 radical (unpaired) electrons. The summed E-state index contributed by atoms with van der Waals surface area (Å²) in [4.78, 5) is 41.1. The van der Waals surface area contributed by atoms with Gasteiger partial charge in [0.15, 0.2) is 0 Å². The number of aromatic nitrogens is 2. The van der Waals surface area contributed by atoms with E-state index in [4.69, 9.17) is 4.98 Å². The summed E-state index contributed by atoms with van der Waals surface area (Å²) in [6.45, 7) is 5.93. The smallest absolute Gasteiger partial charge is 0.241 e. The molecule has 2 aliphatic rings. The zero-order valence-corrected chi connectivity index (χ0v) is 21.8. The lowest BCUT2D eigenvalue weighted by atomic mass is 10.0. The molecule has 0 spiro atoms. The molecule has 38 heavy (non-hydrogen) atoms. The molecule has 196 valence electrons. The summed E-state index contributed by atoms with van der Waals surface area (Å²) in [6, 6.07) is 17.8. The van der Waals surface area contributed by atoms with Crippen LogP contribution in [-0.2, 0) is 4.79 Å². The highest BCUT2D eigenvalue weighted by molar-refractivity contribution is 6.10. The summed E-state index contributed by atoms with van der Waals surface area (Å²) in [5, 5.41) is 5.29. The van der Waals surface area contributed by atoms with E-state index in [9.17, 15) is 9.59 Å². The molecule has 2 fully saturated rings. The number of anilines is 1. The van der Waals surface area contributed by atoms with Crippen molar-refractivity contribution in [1.82, 2.24) is 24.7 Å². The molecule has 0 bridgehead atoms. The fraction of sp³-hybridized carbons (Fsp3) is 0.367. The number of nitrogens with zero attached hydrogens (tertiary/aromatic N) is 4. The van der Waals surface area contributed by atoms with Crippen LogP contribution in [0.5, 0.6) is 0 Å². The fourth-order valence-electron chi connectivity index (χ4n) is 5.73. The van der Waals surface area contributed by atoms with Crippen molar-refractivity contribution in [1.29, 1.82) is 0 Å². The number of nitrogens with one attached hydrogen (secondary N) is 2. The van der Waals surface area contributed by atoms with Crippen molar-refractivity contribution in [3.05, 3.63) is 72.1 Å². The Labute approximate surface area is 222 Å². The Morgan fingerprint density at radius 3 is 2.55 bits per heavy atom. The van der Waals surface area contributed by atoms with E-state index in [1.54, 1.807) is 6.07 Å². The third kappa shape index (κ3) is 5.01. The zero-order chi connectivity index (χ0) is 26.1. The van der Waals surface area contributed by atoms with Crippen LogP contribution in [0.2, 0.25) is 0 Å². The van der Waals surface area contributed by atoms with Gasteiger partial charge in [0, 0.05) is 54.9 Å². The van der Waals surface area contributed by atoms with Crippen molar-refractivity contribution in [2.24, 2.45) is 0 Å². The first-order valence-corrected chi connectivity index (χ1v) is 13.5. The number of likely N-dealkylation sites (tertiary alicyclic amines) is 1. The molecule has 2 aromatic carbocycles. The molecule has 8 heteroatoms. The third-order valence-electron chi connectivity index (χ3n) is 8.07. The number of rotatable bonds is 6. The van der Waals surface area contributed by atoms with Crippen molar-refractivity contribution in [2.45, 2.75) is 18.9 Å². The van der Waals surface area contributed by atoms with Crippen molar-refractivity contribution >= 4 is 39.2 Å². The van der Waals surface area contributed by atoms with Crippen LogP contribution in [0.25, 0.3) is 21.8 Å². The molecular formula is C30H34N6O2. The van der Waals surface area contributed by atoms with Crippen LogP contribution in [-0.4, -0.2) is 95.3 Å². The van der Waals surface area contributed by atoms with Crippen LogP contribution in [0, 0.1) is 0 Å². The lowest BCUT2D eigenvalue weighted by Gasteiger charge is -2.42. The van der Waals surface area contributed by atoms with Gasteiger partial charge in [-0.1, -0.05) is 30.3 Å². The van der Waals surface area contributed by atoms with Gasteiger partial charge in [-0.15, -0.1) is 0 Å². The van der Waals surface area contributed by atoms with Crippen molar-refractivity contribution in [3.63, 3.8) is 0 Å². The number of fused-ring (bicyclic) bond motifs is 2. The minimum Gasteiger partial charge on any atom is -0.374 e. The Morgan fingerprint density at radius 2 is 1.74 bits per heavy atom. The zero-order valence-electron chi connectivity index (χ0n) is 21.8.